The van der Waals surface area contributed by atoms with Crippen molar-refractivity contribution >= 4 is 28.6 Å². The Hall–Kier alpha value is -1.24. The largest absolute Gasteiger partial charge is 0.396 e. The van der Waals surface area contributed by atoms with Gasteiger partial charge in [0.25, 0.3) is 5.91 Å². The Morgan fingerprint density at radius 3 is 2.95 bits per heavy atom. The average Bonchev–Trinajstić information content (AvgIpc) is 2.91. The number of aliphatic hydroxyl groups excluding tert-OH is 1. The number of nitrogens with one attached hydrogen (secondary N) is 1. The number of nitrogens with zero attached hydrogens (tertiary/aromatic N) is 1. The number of aliphatic hydroxyl groups is 1. The second-order valence-electron chi connectivity index (χ2n) is 5.60. The molecule has 2 aromatic heterocycles. The van der Waals surface area contributed by atoms with E-state index in [9.17, 15) is 4.79 Å². The zero-order valence-corrected chi connectivity index (χ0v) is 13.5. The van der Waals surface area contributed by atoms with Crippen LogP contribution in [0.4, 0.5) is 0 Å². The Bertz CT molecular complexity index is 630. The summed E-state index contributed by atoms with van der Waals surface area (Å²) in [5, 5.41) is 17.0. The topological polar surface area (TPSA) is 62.2 Å². The van der Waals surface area contributed by atoms with Crippen LogP contribution in [0.25, 0.3) is 10.6 Å². The van der Waals surface area contributed by atoms with Gasteiger partial charge in [0, 0.05) is 24.1 Å². The van der Waals surface area contributed by atoms with Crippen LogP contribution in [-0.2, 0) is 0 Å². The fraction of sp³-hybridized carbons (Fsp3) is 0.467. The smallest absolute Gasteiger partial charge is 0.263 e. The Kier molecular flexibility index (Phi) is 4.10. The van der Waals surface area contributed by atoms with E-state index < -0.39 is 0 Å². The van der Waals surface area contributed by atoms with E-state index in [1.165, 1.54) is 11.3 Å². The Labute approximate surface area is 131 Å². The first-order valence-corrected chi connectivity index (χ1v) is 8.78. The van der Waals surface area contributed by atoms with Gasteiger partial charge >= 0.3 is 0 Å². The normalized spacial score (nSPS) is 15.9. The molecule has 1 aliphatic carbocycles. The highest BCUT2D eigenvalue weighted by molar-refractivity contribution is 7.17. The molecule has 0 radical (unpaired) electrons. The molecule has 21 heavy (non-hydrogen) atoms. The molecule has 0 unspecified atom stereocenters. The molecule has 6 heteroatoms. The summed E-state index contributed by atoms with van der Waals surface area (Å²) in [6, 6.07) is 2.02. The van der Waals surface area contributed by atoms with E-state index in [1.54, 1.807) is 11.3 Å². The maximum absolute atomic E-state index is 12.3. The van der Waals surface area contributed by atoms with Gasteiger partial charge < -0.3 is 10.4 Å². The van der Waals surface area contributed by atoms with E-state index >= 15 is 0 Å². The number of hydrogen-bond donors (Lipinski definition) is 2. The summed E-state index contributed by atoms with van der Waals surface area (Å²) in [7, 11) is 0. The minimum absolute atomic E-state index is 0.0457. The lowest BCUT2D eigenvalue weighted by Gasteiger charge is -2.13. The van der Waals surface area contributed by atoms with E-state index in [-0.39, 0.29) is 17.9 Å². The van der Waals surface area contributed by atoms with Crippen molar-refractivity contribution in [2.24, 2.45) is 5.41 Å². The number of carbonyl (C=O) groups is 1. The number of thiophene rings is 1. The molecule has 0 aromatic carbocycles. The maximum atomic E-state index is 12.3. The lowest BCUT2D eigenvalue weighted by Crippen LogP contribution is -2.30. The fourth-order valence-electron chi connectivity index (χ4n) is 2.39. The number of aryl methyl sites for hydroxylation is 1. The van der Waals surface area contributed by atoms with Gasteiger partial charge in [-0.1, -0.05) is 0 Å². The second kappa shape index (κ2) is 5.87. The van der Waals surface area contributed by atoms with E-state index in [0.717, 1.165) is 35.5 Å². The number of amides is 1. The van der Waals surface area contributed by atoms with Crippen LogP contribution >= 0.6 is 22.7 Å². The van der Waals surface area contributed by atoms with Crippen LogP contribution in [0, 0.1) is 12.3 Å². The van der Waals surface area contributed by atoms with Crippen molar-refractivity contribution in [1.82, 2.24) is 10.3 Å². The van der Waals surface area contributed by atoms with Gasteiger partial charge in [-0.2, -0.15) is 11.3 Å². The van der Waals surface area contributed by atoms with E-state index in [4.69, 9.17) is 5.11 Å². The van der Waals surface area contributed by atoms with Crippen molar-refractivity contribution < 1.29 is 9.90 Å². The van der Waals surface area contributed by atoms with Gasteiger partial charge in [-0.25, -0.2) is 4.98 Å². The molecule has 0 saturated heterocycles. The zero-order valence-electron chi connectivity index (χ0n) is 11.9. The molecule has 2 aromatic rings. The number of aromatic nitrogens is 1. The molecular formula is C15H18N2O2S2. The van der Waals surface area contributed by atoms with Crippen molar-refractivity contribution in [3.63, 3.8) is 0 Å². The van der Waals surface area contributed by atoms with Crippen molar-refractivity contribution in [1.29, 1.82) is 0 Å². The van der Waals surface area contributed by atoms with Crippen molar-refractivity contribution in [2.45, 2.75) is 26.2 Å². The number of thiazole rings is 1. The molecule has 0 spiro atoms. The molecule has 0 aliphatic heterocycles. The SMILES string of the molecule is Cc1nc(-c2ccsc2)sc1C(=O)NCC1(CCO)CC1. The van der Waals surface area contributed by atoms with Gasteiger partial charge in [-0.3, -0.25) is 4.79 Å². The van der Waals surface area contributed by atoms with Crippen LogP contribution in [0.5, 0.6) is 0 Å². The van der Waals surface area contributed by atoms with E-state index in [2.05, 4.69) is 10.3 Å². The molecule has 4 nitrogen and oxygen atoms in total. The number of hydrogen-bond acceptors (Lipinski definition) is 5. The molecule has 1 aliphatic rings. The first-order chi connectivity index (χ1) is 10.1. The fourth-order valence-corrected chi connectivity index (χ4v) is 4.09. The Morgan fingerprint density at radius 2 is 2.33 bits per heavy atom. The molecule has 1 saturated carbocycles. The van der Waals surface area contributed by atoms with Crippen LogP contribution < -0.4 is 5.32 Å². The van der Waals surface area contributed by atoms with Crippen molar-refractivity contribution in [2.75, 3.05) is 13.2 Å². The molecule has 1 amide bonds. The number of carbonyl (C=O) groups excluding carboxylic acids is 1. The predicted molar refractivity (Wildman–Crippen MR) is 85.9 cm³/mol. The summed E-state index contributed by atoms with van der Waals surface area (Å²) < 4.78 is 0. The van der Waals surface area contributed by atoms with Crippen molar-refractivity contribution in [3.8, 4) is 10.6 Å². The monoisotopic (exact) mass is 322 g/mol. The van der Waals surface area contributed by atoms with Gasteiger partial charge in [-0.05, 0) is 43.0 Å². The summed E-state index contributed by atoms with van der Waals surface area (Å²) >= 11 is 3.07. The standard InChI is InChI=1S/C15H18N2O2S2/c1-10-12(21-14(17-10)11-2-7-20-8-11)13(19)16-9-15(3-4-15)5-6-18/h2,7-8,18H,3-6,9H2,1H3,(H,16,19). The Balaban J connectivity index is 1.68. The molecule has 0 atom stereocenters. The molecule has 3 rings (SSSR count). The summed E-state index contributed by atoms with van der Waals surface area (Å²) in [5.41, 5.74) is 2.00. The minimum atomic E-state index is -0.0457. The third-order valence-corrected chi connectivity index (χ3v) is 5.88. The summed E-state index contributed by atoms with van der Waals surface area (Å²) in [5.74, 6) is -0.0457. The third-order valence-electron chi connectivity index (χ3n) is 3.99. The summed E-state index contributed by atoms with van der Waals surface area (Å²) in [6.07, 6.45) is 2.96. The summed E-state index contributed by atoms with van der Waals surface area (Å²) in [6.45, 7) is 2.72. The van der Waals surface area contributed by atoms with E-state index in [1.807, 2.05) is 23.8 Å². The van der Waals surface area contributed by atoms with Crippen LogP contribution in [0.2, 0.25) is 0 Å². The van der Waals surface area contributed by atoms with Gasteiger partial charge in [-0.15, -0.1) is 11.3 Å². The van der Waals surface area contributed by atoms with Crippen LogP contribution in [0.3, 0.4) is 0 Å². The quantitative estimate of drug-likeness (QED) is 0.859. The molecule has 112 valence electrons. The summed E-state index contributed by atoms with van der Waals surface area (Å²) in [4.78, 5) is 17.5. The average molecular weight is 322 g/mol. The highest BCUT2D eigenvalue weighted by Gasteiger charge is 2.42. The van der Waals surface area contributed by atoms with Crippen LogP contribution in [-0.4, -0.2) is 29.1 Å². The Morgan fingerprint density at radius 1 is 1.52 bits per heavy atom. The number of rotatable bonds is 6. The lowest BCUT2D eigenvalue weighted by atomic mass is 10.0. The van der Waals surface area contributed by atoms with Gasteiger partial charge in [0.1, 0.15) is 9.88 Å². The maximum Gasteiger partial charge on any atom is 0.263 e. The second-order valence-corrected chi connectivity index (χ2v) is 7.38. The lowest BCUT2D eigenvalue weighted by molar-refractivity contribution is 0.0944. The van der Waals surface area contributed by atoms with Gasteiger partial charge in [0.2, 0.25) is 0 Å². The van der Waals surface area contributed by atoms with Crippen LogP contribution in [0.1, 0.15) is 34.6 Å². The first-order valence-electron chi connectivity index (χ1n) is 7.03. The highest BCUT2D eigenvalue weighted by Crippen LogP contribution is 2.48. The molecular weight excluding hydrogens is 304 g/mol. The highest BCUT2D eigenvalue weighted by atomic mass is 32.1. The first kappa shape index (κ1) is 14.7. The predicted octanol–water partition coefficient (Wildman–Crippen LogP) is 3.07. The molecule has 1 fully saturated rings. The van der Waals surface area contributed by atoms with Crippen molar-refractivity contribution in [3.05, 3.63) is 27.4 Å². The van der Waals surface area contributed by atoms with E-state index in [0.29, 0.717) is 11.4 Å². The van der Waals surface area contributed by atoms with Crippen LogP contribution in [0.15, 0.2) is 16.8 Å². The third kappa shape index (κ3) is 3.17. The zero-order chi connectivity index (χ0) is 14.9. The molecule has 2 heterocycles. The minimum Gasteiger partial charge on any atom is -0.396 e. The van der Waals surface area contributed by atoms with Gasteiger partial charge in [0.05, 0.1) is 5.69 Å². The van der Waals surface area contributed by atoms with Gasteiger partial charge in [0.15, 0.2) is 0 Å². The molecule has 2 N–H and O–H groups in total. The molecule has 0 bridgehead atoms.